The van der Waals surface area contributed by atoms with Gasteiger partial charge in [0.05, 0.1) is 17.0 Å². The predicted octanol–water partition coefficient (Wildman–Crippen LogP) is 0.803. The standard InChI is InChI=1S/C15H32N4O2S/c1-6-16-14(17-9-10-18(7-2)8-3)19-11-12-22(20,21)15(4,5)13-19/h6-13H2,1-5H3,(H,16,17). The lowest BCUT2D eigenvalue weighted by atomic mass is 10.2. The summed E-state index contributed by atoms with van der Waals surface area (Å²) in [6.45, 7) is 15.4. The van der Waals surface area contributed by atoms with E-state index in [-0.39, 0.29) is 5.75 Å². The molecule has 0 saturated carbocycles. The first-order valence-corrected chi connectivity index (χ1v) is 9.90. The van der Waals surface area contributed by atoms with Crippen LogP contribution >= 0.6 is 0 Å². The molecule has 1 aliphatic heterocycles. The molecule has 1 rings (SSSR count). The highest BCUT2D eigenvalue weighted by Gasteiger charge is 2.40. The molecule has 0 unspecified atom stereocenters. The highest BCUT2D eigenvalue weighted by molar-refractivity contribution is 7.92. The molecule has 7 heteroatoms. The van der Waals surface area contributed by atoms with Crippen LogP contribution in [-0.4, -0.2) is 80.5 Å². The van der Waals surface area contributed by atoms with Gasteiger partial charge in [-0.3, -0.25) is 4.99 Å². The molecule has 0 atom stereocenters. The van der Waals surface area contributed by atoms with Crippen LogP contribution in [-0.2, 0) is 9.84 Å². The maximum absolute atomic E-state index is 12.1. The molecule has 0 spiro atoms. The van der Waals surface area contributed by atoms with Crippen molar-refractivity contribution in [1.82, 2.24) is 15.1 Å². The van der Waals surface area contributed by atoms with Gasteiger partial charge in [-0.1, -0.05) is 13.8 Å². The summed E-state index contributed by atoms with van der Waals surface area (Å²) in [6, 6.07) is 0. The van der Waals surface area contributed by atoms with Crippen molar-refractivity contribution < 1.29 is 8.42 Å². The molecule has 1 aliphatic rings. The molecule has 1 heterocycles. The van der Waals surface area contributed by atoms with E-state index in [9.17, 15) is 8.42 Å². The van der Waals surface area contributed by atoms with Crippen LogP contribution in [0.1, 0.15) is 34.6 Å². The van der Waals surface area contributed by atoms with Crippen LogP contribution in [0.2, 0.25) is 0 Å². The van der Waals surface area contributed by atoms with Gasteiger partial charge in [0.15, 0.2) is 15.8 Å². The molecule has 0 aromatic carbocycles. The minimum Gasteiger partial charge on any atom is -0.357 e. The Morgan fingerprint density at radius 3 is 2.41 bits per heavy atom. The van der Waals surface area contributed by atoms with Gasteiger partial charge in [0.1, 0.15) is 0 Å². The van der Waals surface area contributed by atoms with Gasteiger partial charge in [0.2, 0.25) is 0 Å². The summed E-state index contributed by atoms with van der Waals surface area (Å²) < 4.78 is 23.5. The Bertz CT molecular complexity index is 470. The fourth-order valence-electron chi connectivity index (χ4n) is 2.59. The first-order valence-electron chi connectivity index (χ1n) is 8.25. The van der Waals surface area contributed by atoms with Gasteiger partial charge in [-0.05, 0) is 33.9 Å². The molecular formula is C15H32N4O2S. The molecule has 22 heavy (non-hydrogen) atoms. The summed E-state index contributed by atoms with van der Waals surface area (Å²) >= 11 is 0. The summed E-state index contributed by atoms with van der Waals surface area (Å²) in [7, 11) is -3.02. The zero-order chi connectivity index (χ0) is 16.8. The van der Waals surface area contributed by atoms with Crippen molar-refractivity contribution >= 4 is 15.8 Å². The molecule has 1 fully saturated rings. The maximum Gasteiger partial charge on any atom is 0.194 e. The third-order valence-electron chi connectivity index (χ3n) is 4.25. The summed E-state index contributed by atoms with van der Waals surface area (Å²) in [5.41, 5.74) is 0. The van der Waals surface area contributed by atoms with Gasteiger partial charge in [-0.15, -0.1) is 0 Å². The van der Waals surface area contributed by atoms with E-state index < -0.39 is 14.6 Å². The minimum absolute atomic E-state index is 0.195. The highest BCUT2D eigenvalue weighted by Crippen LogP contribution is 2.23. The summed E-state index contributed by atoms with van der Waals surface area (Å²) in [5.74, 6) is 1.03. The lowest BCUT2D eigenvalue weighted by Gasteiger charge is -2.39. The summed E-state index contributed by atoms with van der Waals surface area (Å²) in [6.07, 6.45) is 0. The maximum atomic E-state index is 12.1. The second-order valence-corrected chi connectivity index (χ2v) is 9.01. The Hall–Kier alpha value is -0.820. The largest absolute Gasteiger partial charge is 0.357 e. The Balaban J connectivity index is 2.75. The van der Waals surface area contributed by atoms with Gasteiger partial charge in [-0.2, -0.15) is 0 Å². The number of hydrogen-bond acceptors (Lipinski definition) is 4. The van der Waals surface area contributed by atoms with E-state index in [4.69, 9.17) is 0 Å². The first-order chi connectivity index (χ1) is 10.3. The third kappa shape index (κ3) is 4.84. The molecule has 0 aromatic heterocycles. The number of likely N-dealkylation sites (N-methyl/N-ethyl adjacent to an activating group) is 1. The van der Waals surface area contributed by atoms with Crippen LogP contribution in [0.15, 0.2) is 4.99 Å². The summed E-state index contributed by atoms with van der Waals surface area (Å²) in [4.78, 5) is 9.09. The average molecular weight is 333 g/mol. The van der Waals surface area contributed by atoms with E-state index in [1.165, 1.54) is 0 Å². The van der Waals surface area contributed by atoms with Gasteiger partial charge in [-0.25, -0.2) is 8.42 Å². The van der Waals surface area contributed by atoms with Crippen molar-refractivity contribution in [2.75, 3.05) is 51.6 Å². The Kier molecular flexibility index (Phi) is 7.12. The number of nitrogens with one attached hydrogen (secondary N) is 1. The van der Waals surface area contributed by atoms with E-state index in [0.29, 0.717) is 13.1 Å². The van der Waals surface area contributed by atoms with Gasteiger partial charge >= 0.3 is 0 Å². The van der Waals surface area contributed by atoms with Crippen molar-refractivity contribution in [3.63, 3.8) is 0 Å². The number of guanidine groups is 1. The molecule has 0 aromatic rings. The zero-order valence-corrected chi connectivity index (χ0v) is 15.5. The molecule has 130 valence electrons. The average Bonchev–Trinajstić information content (AvgIpc) is 2.45. The monoisotopic (exact) mass is 332 g/mol. The normalized spacial score (nSPS) is 21.2. The first kappa shape index (κ1) is 19.2. The smallest absolute Gasteiger partial charge is 0.194 e. The SMILES string of the molecule is CCNC(=NCCN(CC)CC)N1CCS(=O)(=O)C(C)(C)C1. The number of aliphatic imine (C=N–C) groups is 1. The van der Waals surface area contributed by atoms with Gasteiger partial charge in [0.25, 0.3) is 0 Å². The van der Waals surface area contributed by atoms with Gasteiger partial charge in [0, 0.05) is 26.2 Å². The van der Waals surface area contributed by atoms with E-state index >= 15 is 0 Å². The Morgan fingerprint density at radius 1 is 1.27 bits per heavy atom. The van der Waals surface area contributed by atoms with Crippen LogP contribution in [0.3, 0.4) is 0 Å². The predicted molar refractivity (Wildman–Crippen MR) is 93.2 cm³/mol. The van der Waals surface area contributed by atoms with Crippen molar-refractivity contribution in [2.45, 2.75) is 39.4 Å². The second kappa shape index (κ2) is 8.15. The van der Waals surface area contributed by atoms with E-state index in [1.807, 2.05) is 6.92 Å². The lowest BCUT2D eigenvalue weighted by Crippen LogP contribution is -2.57. The Labute approximate surface area is 135 Å². The van der Waals surface area contributed by atoms with E-state index in [0.717, 1.165) is 38.7 Å². The zero-order valence-electron chi connectivity index (χ0n) is 14.7. The second-order valence-electron chi connectivity index (χ2n) is 6.26. The molecule has 6 nitrogen and oxygen atoms in total. The van der Waals surface area contributed by atoms with Crippen LogP contribution in [0.4, 0.5) is 0 Å². The van der Waals surface area contributed by atoms with Crippen molar-refractivity contribution in [1.29, 1.82) is 0 Å². The van der Waals surface area contributed by atoms with E-state index in [2.05, 4.69) is 34.0 Å². The minimum atomic E-state index is -3.02. The highest BCUT2D eigenvalue weighted by atomic mass is 32.2. The van der Waals surface area contributed by atoms with Gasteiger partial charge < -0.3 is 15.1 Å². The van der Waals surface area contributed by atoms with Crippen molar-refractivity contribution in [3.8, 4) is 0 Å². The molecule has 0 radical (unpaired) electrons. The number of sulfone groups is 1. The van der Waals surface area contributed by atoms with Crippen LogP contribution in [0.5, 0.6) is 0 Å². The quantitative estimate of drug-likeness (QED) is 0.576. The number of rotatable bonds is 6. The van der Waals surface area contributed by atoms with Crippen molar-refractivity contribution in [3.05, 3.63) is 0 Å². The number of nitrogens with zero attached hydrogens (tertiary/aromatic N) is 3. The lowest BCUT2D eigenvalue weighted by molar-refractivity contribution is 0.310. The fourth-order valence-corrected chi connectivity index (χ4v) is 3.95. The Morgan fingerprint density at radius 2 is 1.91 bits per heavy atom. The summed E-state index contributed by atoms with van der Waals surface area (Å²) in [5, 5.41) is 3.29. The molecule has 1 saturated heterocycles. The van der Waals surface area contributed by atoms with Crippen LogP contribution in [0.25, 0.3) is 0 Å². The third-order valence-corrected chi connectivity index (χ3v) is 6.78. The molecule has 0 aliphatic carbocycles. The molecular weight excluding hydrogens is 300 g/mol. The topological polar surface area (TPSA) is 65.0 Å². The molecule has 0 amide bonds. The van der Waals surface area contributed by atoms with E-state index in [1.54, 1.807) is 13.8 Å². The number of hydrogen-bond donors (Lipinski definition) is 1. The molecule has 0 bridgehead atoms. The fraction of sp³-hybridized carbons (Fsp3) is 0.933. The molecule has 1 N–H and O–H groups in total. The van der Waals surface area contributed by atoms with Crippen LogP contribution in [0, 0.1) is 0 Å². The van der Waals surface area contributed by atoms with Crippen molar-refractivity contribution in [2.24, 2.45) is 4.99 Å². The van der Waals surface area contributed by atoms with Crippen LogP contribution < -0.4 is 5.32 Å².